The number of nitrogens with one attached hydrogen (secondary N) is 3. The molecule has 0 unspecified atom stereocenters. The minimum atomic E-state index is -0.323. The van der Waals surface area contributed by atoms with Gasteiger partial charge in [0.25, 0.3) is 11.8 Å². The molecule has 3 atom stereocenters. The van der Waals surface area contributed by atoms with E-state index in [0.717, 1.165) is 23.0 Å². The average Bonchev–Trinajstić information content (AvgIpc) is 3.10. The molecule has 0 aliphatic heterocycles. The first-order valence-corrected chi connectivity index (χ1v) is 9.04. The van der Waals surface area contributed by atoms with Gasteiger partial charge in [-0.25, -0.2) is 4.98 Å². The van der Waals surface area contributed by atoms with Crippen LogP contribution in [0.4, 0.5) is 0 Å². The maximum atomic E-state index is 12.8. The van der Waals surface area contributed by atoms with Crippen LogP contribution in [0.1, 0.15) is 52.9 Å². The van der Waals surface area contributed by atoms with Crippen LogP contribution >= 0.6 is 0 Å². The van der Waals surface area contributed by atoms with Crippen LogP contribution < -0.4 is 10.6 Å². The second kappa shape index (κ2) is 6.53. The Balaban J connectivity index is 1.75. The SMILES string of the molecule is CNC(=O)c1cc(C(=O)N[C@H]2C[C@@H]2C)n([C@H](C)c2ccnc3[nH]ccc23)n1. The number of rotatable bonds is 5. The second-order valence-electron chi connectivity index (χ2n) is 7.05. The third-order valence-corrected chi connectivity index (χ3v) is 5.16. The van der Waals surface area contributed by atoms with Gasteiger partial charge in [0.2, 0.25) is 0 Å². The monoisotopic (exact) mass is 366 g/mol. The maximum Gasteiger partial charge on any atom is 0.271 e. The normalized spacial score (nSPS) is 19.7. The Morgan fingerprint density at radius 2 is 2.11 bits per heavy atom. The van der Waals surface area contributed by atoms with E-state index >= 15 is 0 Å². The summed E-state index contributed by atoms with van der Waals surface area (Å²) in [6.07, 6.45) is 4.53. The largest absolute Gasteiger partial charge is 0.354 e. The van der Waals surface area contributed by atoms with Crippen molar-refractivity contribution in [1.29, 1.82) is 0 Å². The third-order valence-electron chi connectivity index (χ3n) is 5.16. The van der Waals surface area contributed by atoms with Gasteiger partial charge in [-0.3, -0.25) is 14.3 Å². The number of aromatic amines is 1. The van der Waals surface area contributed by atoms with E-state index in [-0.39, 0.29) is 29.6 Å². The molecule has 2 amide bonds. The molecule has 0 aromatic carbocycles. The summed E-state index contributed by atoms with van der Waals surface area (Å²) >= 11 is 0. The standard InChI is InChI=1S/C19H22N6O2/c1-10-8-14(10)23-19(27)16-9-15(18(26)20-3)24-25(16)11(2)12-4-6-21-17-13(12)5-7-22-17/h4-7,9-11,14H,8H2,1-3H3,(H,20,26)(H,21,22)(H,23,27)/t10-,11+,14-/m0/s1. The Kier molecular flexibility index (Phi) is 4.18. The summed E-state index contributed by atoms with van der Waals surface area (Å²) in [5.74, 6) is -0.0460. The lowest BCUT2D eigenvalue weighted by atomic mass is 10.1. The molecule has 3 aromatic heterocycles. The fraction of sp³-hybridized carbons (Fsp3) is 0.368. The Labute approximate surface area is 156 Å². The van der Waals surface area contributed by atoms with Crippen molar-refractivity contribution in [3.8, 4) is 0 Å². The molecular formula is C19H22N6O2. The van der Waals surface area contributed by atoms with Gasteiger partial charge in [-0.1, -0.05) is 6.92 Å². The Bertz CT molecular complexity index is 1020. The van der Waals surface area contributed by atoms with E-state index in [1.807, 2.05) is 25.3 Å². The first-order chi connectivity index (χ1) is 13.0. The van der Waals surface area contributed by atoms with Crippen molar-refractivity contribution in [2.24, 2.45) is 5.92 Å². The highest BCUT2D eigenvalue weighted by molar-refractivity contribution is 5.98. The minimum absolute atomic E-state index is 0.192. The van der Waals surface area contributed by atoms with Crippen LogP contribution in [0.2, 0.25) is 0 Å². The highest BCUT2D eigenvalue weighted by Crippen LogP contribution is 2.30. The highest BCUT2D eigenvalue weighted by Gasteiger charge is 2.35. The number of fused-ring (bicyclic) bond motifs is 1. The molecule has 3 N–H and O–H groups in total. The van der Waals surface area contributed by atoms with E-state index < -0.39 is 0 Å². The van der Waals surface area contributed by atoms with Gasteiger partial charge < -0.3 is 15.6 Å². The van der Waals surface area contributed by atoms with E-state index in [2.05, 4.69) is 32.6 Å². The molecule has 0 bridgehead atoms. The van der Waals surface area contributed by atoms with Crippen molar-refractivity contribution in [1.82, 2.24) is 30.4 Å². The summed E-state index contributed by atoms with van der Waals surface area (Å²) in [7, 11) is 1.54. The zero-order valence-electron chi connectivity index (χ0n) is 15.5. The molecule has 1 aliphatic carbocycles. The van der Waals surface area contributed by atoms with Crippen molar-refractivity contribution in [2.75, 3.05) is 7.05 Å². The Morgan fingerprint density at radius 3 is 2.81 bits per heavy atom. The van der Waals surface area contributed by atoms with Crippen LogP contribution in [0, 0.1) is 5.92 Å². The number of nitrogens with zero attached hydrogens (tertiary/aromatic N) is 3. The molecule has 4 rings (SSSR count). The molecule has 1 saturated carbocycles. The minimum Gasteiger partial charge on any atom is -0.354 e. The smallest absolute Gasteiger partial charge is 0.271 e. The molecule has 3 heterocycles. The summed E-state index contributed by atoms with van der Waals surface area (Å²) in [6.45, 7) is 4.05. The van der Waals surface area contributed by atoms with Crippen molar-refractivity contribution in [3.05, 3.63) is 47.5 Å². The fourth-order valence-corrected chi connectivity index (χ4v) is 3.34. The highest BCUT2D eigenvalue weighted by atomic mass is 16.2. The van der Waals surface area contributed by atoms with Crippen molar-refractivity contribution in [2.45, 2.75) is 32.4 Å². The molecule has 1 fully saturated rings. The van der Waals surface area contributed by atoms with E-state index in [1.54, 1.807) is 24.0 Å². The number of hydrogen-bond donors (Lipinski definition) is 3. The second-order valence-corrected chi connectivity index (χ2v) is 7.05. The molecule has 0 radical (unpaired) electrons. The van der Waals surface area contributed by atoms with Crippen LogP contribution in [-0.4, -0.2) is 44.7 Å². The quantitative estimate of drug-likeness (QED) is 0.641. The van der Waals surface area contributed by atoms with Gasteiger partial charge in [-0.2, -0.15) is 5.10 Å². The van der Waals surface area contributed by atoms with Gasteiger partial charge in [-0.15, -0.1) is 0 Å². The van der Waals surface area contributed by atoms with Gasteiger partial charge in [-0.05, 0) is 37.0 Å². The topological polar surface area (TPSA) is 105 Å². The summed E-state index contributed by atoms with van der Waals surface area (Å²) < 4.78 is 1.62. The van der Waals surface area contributed by atoms with Crippen LogP contribution in [0.25, 0.3) is 11.0 Å². The zero-order valence-corrected chi connectivity index (χ0v) is 15.5. The lowest BCUT2D eigenvalue weighted by Gasteiger charge is -2.17. The zero-order chi connectivity index (χ0) is 19.1. The number of carbonyl (C=O) groups is 2. The van der Waals surface area contributed by atoms with Gasteiger partial charge in [0.1, 0.15) is 11.3 Å². The van der Waals surface area contributed by atoms with Crippen molar-refractivity contribution >= 4 is 22.8 Å². The predicted octanol–water partition coefficient (Wildman–Crippen LogP) is 1.87. The van der Waals surface area contributed by atoms with E-state index in [4.69, 9.17) is 0 Å². The molecule has 1 aliphatic rings. The van der Waals surface area contributed by atoms with E-state index in [1.165, 1.54) is 0 Å². The van der Waals surface area contributed by atoms with E-state index in [9.17, 15) is 9.59 Å². The predicted molar refractivity (Wildman–Crippen MR) is 101 cm³/mol. The summed E-state index contributed by atoms with van der Waals surface area (Å²) in [4.78, 5) is 32.3. The lowest BCUT2D eigenvalue weighted by Crippen LogP contribution is -2.29. The average molecular weight is 366 g/mol. The number of carbonyl (C=O) groups excluding carboxylic acids is 2. The lowest BCUT2D eigenvalue weighted by molar-refractivity contribution is 0.0934. The molecule has 8 heteroatoms. The van der Waals surface area contributed by atoms with Gasteiger partial charge in [0.15, 0.2) is 5.69 Å². The van der Waals surface area contributed by atoms with Crippen LogP contribution in [0.15, 0.2) is 30.6 Å². The Hall–Kier alpha value is -3.16. The molecular weight excluding hydrogens is 344 g/mol. The number of aromatic nitrogens is 4. The summed E-state index contributed by atoms with van der Waals surface area (Å²) in [6, 6.07) is 5.35. The van der Waals surface area contributed by atoms with Crippen LogP contribution in [-0.2, 0) is 0 Å². The number of amides is 2. The van der Waals surface area contributed by atoms with E-state index in [0.29, 0.717) is 11.6 Å². The molecule has 8 nitrogen and oxygen atoms in total. The molecule has 3 aromatic rings. The molecule has 27 heavy (non-hydrogen) atoms. The van der Waals surface area contributed by atoms with Gasteiger partial charge in [0.05, 0.1) is 6.04 Å². The van der Waals surface area contributed by atoms with Gasteiger partial charge in [0, 0.05) is 36.9 Å². The van der Waals surface area contributed by atoms with Crippen molar-refractivity contribution in [3.63, 3.8) is 0 Å². The Morgan fingerprint density at radius 1 is 1.33 bits per heavy atom. The van der Waals surface area contributed by atoms with Gasteiger partial charge >= 0.3 is 0 Å². The molecule has 0 saturated heterocycles. The van der Waals surface area contributed by atoms with Crippen molar-refractivity contribution < 1.29 is 9.59 Å². The number of pyridine rings is 1. The van der Waals surface area contributed by atoms with Crippen LogP contribution in [0.5, 0.6) is 0 Å². The third kappa shape index (κ3) is 3.07. The summed E-state index contributed by atoms with van der Waals surface area (Å²) in [5, 5.41) is 11.0. The first kappa shape index (κ1) is 17.3. The van der Waals surface area contributed by atoms with Crippen LogP contribution in [0.3, 0.4) is 0 Å². The summed E-state index contributed by atoms with van der Waals surface area (Å²) in [5.41, 5.74) is 2.34. The number of hydrogen-bond acceptors (Lipinski definition) is 4. The molecule has 0 spiro atoms. The maximum absolute atomic E-state index is 12.8. The first-order valence-electron chi connectivity index (χ1n) is 9.04. The fourth-order valence-electron chi connectivity index (χ4n) is 3.34. The molecule has 140 valence electrons. The number of H-pyrrole nitrogens is 1.